The summed E-state index contributed by atoms with van der Waals surface area (Å²) in [5.74, 6) is 1.28. The van der Waals surface area contributed by atoms with Gasteiger partial charge in [0.15, 0.2) is 0 Å². The summed E-state index contributed by atoms with van der Waals surface area (Å²) in [5, 5.41) is 10.2. The lowest BCUT2D eigenvalue weighted by Crippen LogP contribution is -2.30. The predicted octanol–water partition coefficient (Wildman–Crippen LogP) is 4.03. The molecule has 0 heterocycles. The molecular formula is C17H26O. The Morgan fingerprint density at radius 1 is 1.22 bits per heavy atom. The second kappa shape index (κ2) is 5.88. The molecule has 0 aromatic heterocycles. The van der Waals surface area contributed by atoms with Crippen molar-refractivity contribution in [1.29, 1.82) is 0 Å². The molecule has 1 aromatic carbocycles. The first-order valence-corrected chi connectivity index (χ1v) is 7.34. The van der Waals surface area contributed by atoms with Crippen LogP contribution in [-0.2, 0) is 6.42 Å². The molecule has 0 saturated heterocycles. The van der Waals surface area contributed by atoms with E-state index in [4.69, 9.17) is 0 Å². The van der Waals surface area contributed by atoms with Crippen LogP contribution in [0.4, 0.5) is 0 Å². The average molecular weight is 246 g/mol. The van der Waals surface area contributed by atoms with E-state index in [-0.39, 0.29) is 6.10 Å². The van der Waals surface area contributed by atoms with Crippen molar-refractivity contribution >= 4 is 0 Å². The van der Waals surface area contributed by atoms with Gasteiger partial charge in [0.05, 0.1) is 6.10 Å². The molecule has 3 atom stereocenters. The Bertz CT molecular complexity index is 397. The highest BCUT2D eigenvalue weighted by molar-refractivity contribution is 5.31. The number of rotatable bonds is 3. The molecule has 100 valence electrons. The lowest BCUT2D eigenvalue weighted by atomic mass is 9.75. The summed E-state index contributed by atoms with van der Waals surface area (Å²) < 4.78 is 0. The van der Waals surface area contributed by atoms with Crippen LogP contribution in [0.5, 0.6) is 0 Å². The molecule has 0 aliphatic heterocycles. The Morgan fingerprint density at radius 3 is 2.72 bits per heavy atom. The second-order valence-corrected chi connectivity index (χ2v) is 6.05. The normalized spacial score (nSPS) is 28.3. The number of aliphatic hydroxyl groups is 1. The largest absolute Gasteiger partial charge is 0.393 e. The molecule has 0 amide bonds. The minimum Gasteiger partial charge on any atom is -0.393 e. The van der Waals surface area contributed by atoms with Crippen LogP contribution in [-0.4, -0.2) is 11.2 Å². The Balaban J connectivity index is 2.09. The maximum atomic E-state index is 10.2. The standard InChI is InChI=1S/C17H26O/c1-4-14-7-8-17(18)16(10-14)11-15-9-12(2)5-6-13(15)3/h5-6,9,14,16-18H,4,7-8,10-11H2,1-3H3. The molecule has 1 aliphatic carbocycles. The van der Waals surface area contributed by atoms with Crippen molar-refractivity contribution in [3.8, 4) is 0 Å². The van der Waals surface area contributed by atoms with E-state index >= 15 is 0 Å². The highest BCUT2D eigenvalue weighted by Crippen LogP contribution is 2.34. The maximum absolute atomic E-state index is 10.2. The maximum Gasteiger partial charge on any atom is 0.0571 e. The van der Waals surface area contributed by atoms with Crippen LogP contribution in [0.25, 0.3) is 0 Å². The molecule has 1 heteroatoms. The van der Waals surface area contributed by atoms with Crippen molar-refractivity contribution in [3.63, 3.8) is 0 Å². The topological polar surface area (TPSA) is 20.2 Å². The summed E-state index contributed by atoms with van der Waals surface area (Å²) in [5.41, 5.74) is 4.12. The van der Waals surface area contributed by atoms with Crippen LogP contribution in [0.15, 0.2) is 18.2 Å². The Hall–Kier alpha value is -0.820. The fourth-order valence-electron chi connectivity index (χ4n) is 3.24. The van der Waals surface area contributed by atoms with E-state index in [0.29, 0.717) is 5.92 Å². The zero-order chi connectivity index (χ0) is 13.1. The van der Waals surface area contributed by atoms with E-state index in [9.17, 15) is 5.11 Å². The molecule has 0 radical (unpaired) electrons. The molecule has 1 fully saturated rings. The van der Waals surface area contributed by atoms with E-state index in [0.717, 1.165) is 18.8 Å². The van der Waals surface area contributed by atoms with Gasteiger partial charge in [-0.05, 0) is 62.5 Å². The van der Waals surface area contributed by atoms with Crippen molar-refractivity contribution in [2.24, 2.45) is 11.8 Å². The van der Waals surface area contributed by atoms with Crippen LogP contribution in [0.2, 0.25) is 0 Å². The van der Waals surface area contributed by atoms with Crippen molar-refractivity contribution in [3.05, 3.63) is 34.9 Å². The monoisotopic (exact) mass is 246 g/mol. The first-order valence-electron chi connectivity index (χ1n) is 7.34. The van der Waals surface area contributed by atoms with Gasteiger partial charge >= 0.3 is 0 Å². The van der Waals surface area contributed by atoms with Crippen LogP contribution in [0.3, 0.4) is 0 Å². The quantitative estimate of drug-likeness (QED) is 0.853. The molecule has 18 heavy (non-hydrogen) atoms. The molecule has 0 bridgehead atoms. The van der Waals surface area contributed by atoms with Crippen molar-refractivity contribution in [1.82, 2.24) is 0 Å². The van der Waals surface area contributed by atoms with Gasteiger partial charge in [-0.1, -0.05) is 37.1 Å². The fourth-order valence-corrected chi connectivity index (χ4v) is 3.24. The zero-order valence-corrected chi connectivity index (χ0v) is 11.9. The smallest absolute Gasteiger partial charge is 0.0571 e. The van der Waals surface area contributed by atoms with E-state index in [1.165, 1.54) is 36.0 Å². The number of aliphatic hydroxyl groups excluding tert-OH is 1. The summed E-state index contributed by atoms with van der Waals surface area (Å²) >= 11 is 0. The molecule has 0 spiro atoms. The van der Waals surface area contributed by atoms with E-state index in [1.54, 1.807) is 0 Å². The average Bonchev–Trinajstić information content (AvgIpc) is 2.36. The summed E-state index contributed by atoms with van der Waals surface area (Å²) in [7, 11) is 0. The van der Waals surface area contributed by atoms with Crippen molar-refractivity contribution in [2.75, 3.05) is 0 Å². The third-order valence-corrected chi connectivity index (χ3v) is 4.62. The van der Waals surface area contributed by atoms with Crippen LogP contribution < -0.4 is 0 Å². The molecule has 1 saturated carbocycles. The summed E-state index contributed by atoms with van der Waals surface area (Å²) in [6.45, 7) is 6.60. The van der Waals surface area contributed by atoms with Crippen LogP contribution in [0.1, 0.15) is 49.3 Å². The van der Waals surface area contributed by atoms with Crippen molar-refractivity contribution in [2.45, 2.75) is 59.0 Å². The minimum absolute atomic E-state index is 0.0901. The van der Waals surface area contributed by atoms with Gasteiger partial charge in [-0.3, -0.25) is 0 Å². The van der Waals surface area contributed by atoms with Gasteiger partial charge < -0.3 is 5.11 Å². The van der Waals surface area contributed by atoms with Gasteiger partial charge in [-0.15, -0.1) is 0 Å². The van der Waals surface area contributed by atoms with Crippen LogP contribution >= 0.6 is 0 Å². The highest BCUT2D eigenvalue weighted by Gasteiger charge is 2.28. The molecule has 1 aliphatic rings. The highest BCUT2D eigenvalue weighted by atomic mass is 16.3. The Labute approximate surface area is 111 Å². The number of benzene rings is 1. The molecule has 1 nitrogen and oxygen atoms in total. The molecule has 1 N–H and O–H groups in total. The van der Waals surface area contributed by atoms with E-state index in [2.05, 4.69) is 39.0 Å². The number of hydrogen-bond donors (Lipinski definition) is 1. The van der Waals surface area contributed by atoms with Gasteiger partial charge in [0.1, 0.15) is 0 Å². The Morgan fingerprint density at radius 2 is 2.00 bits per heavy atom. The molecule has 1 aromatic rings. The van der Waals surface area contributed by atoms with Gasteiger partial charge in [0.2, 0.25) is 0 Å². The van der Waals surface area contributed by atoms with Gasteiger partial charge in [0.25, 0.3) is 0 Å². The van der Waals surface area contributed by atoms with E-state index < -0.39 is 0 Å². The van der Waals surface area contributed by atoms with Gasteiger partial charge in [0, 0.05) is 0 Å². The summed E-state index contributed by atoms with van der Waals surface area (Å²) in [6.07, 6.45) is 5.62. The molecule has 3 unspecified atom stereocenters. The Kier molecular flexibility index (Phi) is 4.45. The van der Waals surface area contributed by atoms with E-state index in [1.807, 2.05) is 0 Å². The third kappa shape index (κ3) is 3.14. The molecular weight excluding hydrogens is 220 g/mol. The number of hydrogen-bond acceptors (Lipinski definition) is 1. The van der Waals surface area contributed by atoms with Gasteiger partial charge in [-0.2, -0.15) is 0 Å². The first-order chi connectivity index (χ1) is 8.60. The predicted molar refractivity (Wildman–Crippen MR) is 76.7 cm³/mol. The number of aryl methyl sites for hydroxylation is 2. The SMILES string of the molecule is CCC1CCC(O)C(Cc2cc(C)ccc2C)C1. The first kappa shape index (κ1) is 13.6. The zero-order valence-electron chi connectivity index (χ0n) is 11.9. The van der Waals surface area contributed by atoms with Gasteiger partial charge in [-0.25, -0.2) is 0 Å². The van der Waals surface area contributed by atoms with Crippen LogP contribution in [0, 0.1) is 25.7 Å². The molecule has 2 rings (SSSR count). The second-order valence-electron chi connectivity index (χ2n) is 6.05. The van der Waals surface area contributed by atoms with Crippen molar-refractivity contribution < 1.29 is 5.11 Å². The third-order valence-electron chi connectivity index (χ3n) is 4.62. The summed E-state index contributed by atoms with van der Waals surface area (Å²) in [6, 6.07) is 6.67. The lowest BCUT2D eigenvalue weighted by Gasteiger charge is -2.33. The minimum atomic E-state index is -0.0901. The summed E-state index contributed by atoms with van der Waals surface area (Å²) in [4.78, 5) is 0. The fraction of sp³-hybridized carbons (Fsp3) is 0.647. The lowest BCUT2D eigenvalue weighted by molar-refractivity contribution is 0.0474.